The predicted molar refractivity (Wildman–Crippen MR) is 97.6 cm³/mol. The lowest BCUT2D eigenvalue weighted by atomic mass is 10.3. The van der Waals surface area contributed by atoms with Crippen molar-refractivity contribution in [2.45, 2.75) is 4.90 Å². The summed E-state index contributed by atoms with van der Waals surface area (Å²) in [6, 6.07) is 9.71. The molecule has 0 saturated carbocycles. The third-order valence-electron chi connectivity index (χ3n) is 4.49. The number of nitrogens with zero attached hydrogens (tertiary/aromatic N) is 1. The van der Waals surface area contributed by atoms with Gasteiger partial charge in [0.2, 0.25) is 10.0 Å². The highest BCUT2D eigenvalue weighted by atomic mass is 35.5. The highest BCUT2D eigenvalue weighted by molar-refractivity contribution is 7.89. The molecule has 0 bridgehead atoms. The Morgan fingerprint density at radius 2 is 1.81 bits per heavy atom. The highest BCUT2D eigenvalue weighted by Gasteiger charge is 2.32. The van der Waals surface area contributed by atoms with Gasteiger partial charge >= 0.3 is 0 Å². The Morgan fingerprint density at radius 3 is 2.48 bits per heavy atom. The Kier molecular flexibility index (Phi) is 6.31. The van der Waals surface area contributed by atoms with Crippen LogP contribution in [0.5, 0.6) is 5.75 Å². The van der Waals surface area contributed by atoms with E-state index in [1.54, 1.807) is 12.1 Å². The third-order valence-corrected chi connectivity index (χ3v) is 6.74. The van der Waals surface area contributed by atoms with Crippen LogP contribution in [0.2, 0.25) is 5.02 Å². The molecule has 1 aliphatic heterocycles. The Morgan fingerprint density at radius 1 is 1.11 bits per heavy atom. The summed E-state index contributed by atoms with van der Waals surface area (Å²) in [6.07, 6.45) is 0. The monoisotopic (exact) mass is 417 g/mol. The van der Waals surface area contributed by atoms with Gasteiger partial charge < -0.3 is 9.64 Å². The van der Waals surface area contributed by atoms with Gasteiger partial charge in [0.1, 0.15) is 35.4 Å². The molecule has 1 heterocycles. The molecule has 146 valence electrons. The maximum atomic E-state index is 13.9. The van der Waals surface area contributed by atoms with E-state index in [9.17, 15) is 17.2 Å². The number of hydrogen-bond donors (Lipinski definition) is 1. The van der Waals surface area contributed by atoms with E-state index >= 15 is 0 Å². The first-order valence-corrected chi connectivity index (χ1v) is 10.4. The average Bonchev–Trinajstić information content (AvgIpc) is 2.63. The molecule has 1 saturated heterocycles. The van der Waals surface area contributed by atoms with Crippen molar-refractivity contribution >= 4 is 21.6 Å². The van der Waals surface area contributed by atoms with Crippen LogP contribution in [0, 0.1) is 11.6 Å². The molecule has 3 rings (SSSR count). The number of halogens is 3. The summed E-state index contributed by atoms with van der Waals surface area (Å²) < 4.78 is 58.9. The van der Waals surface area contributed by atoms with E-state index in [1.807, 2.05) is 12.1 Å². The second-order valence-electron chi connectivity index (χ2n) is 6.26. The topological polar surface area (TPSA) is 51.0 Å². The predicted octanol–water partition coefficient (Wildman–Crippen LogP) is 1.59. The molecule has 5 nitrogen and oxygen atoms in total. The molecule has 0 radical (unpaired) electrons. The fourth-order valence-corrected chi connectivity index (χ4v) is 4.66. The van der Waals surface area contributed by atoms with Crippen LogP contribution in [0.25, 0.3) is 0 Å². The normalized spacial score (nSPS) is 16.4. The van der Waals surface area contributed by atoms with Crippen LogP contribution in [0.15, 0.2) is 47.4 Å². The molecule has 1 aliphatic rings. The van der Waals surface area contributed by atoms with Crippen molar-refractivity contribution in [2.75, 3.05) is 39.3 Å². The quantitative estimate of drug-likeness (QED) is 0.776. The molecule has 0 aromatic heterocycles. The van der Waals surface area contributed by atoms with Crippen LogP contribution in [-0.2, 0) is 10.0 Å². The highest BCUT2D eigenvalue weighted by Crippen LogP contribution is 2.23. The van der Waals surface area contributed by atoms with Gasteiger partial charge in [0.15, 0.2) is 0 Å². The van der Waals surface area contributed by atoms with Crippen molar-refractivity contribution in [2.24, 2.45) is 0 Å². The first-order valence-electron chi connectivity index (χ1n) is 8.54. The zero-order chi connectivity index (χ0) is 19.4. The van der Waals surface area contributed by atoms with Crippen LogP contribution < -0.4 is 9.64 Å². The van der Waals surface area contributed by atoms with Crippen molar-refractivity contribution in [1.29, 1.82) is 0 Å². The maximum Gasteiger partial charge on any atom is 0.246 e. The number of benzene rings is 2. The van der Waals surface area contributed by atoms with Crippen molar-refractivity contribution in [3.63, 3.8) is 0 Å². The number of hydrogen-bond acceptors (Lipinski definition) is 3. The number of piperazine rings is 1. The number of ether oxygens (including phenoxy) is 1. The number of sulfonamides is 1. The smallest absolute Gasteiger partial charge is 0.246 e. The summed E-state index contributed by atoms with van der Waals surface area (Å²) >= 11 is 6.04. The lowest BCUT2D eigenvalue weighted by Crippen LogP contribution is -3.15. The molecule has 2 aromatic carbocycles. The Labute approximate surface area is 162 Å². The summed E-state index contributed by atoms with van der Waals surface area (Å²) in [4.78, 5) is 0.697. The Balaban J connectivity index is 1.53. The van der Waals surface area contributed by atoms with Gasteiger partial charge in [-0.1, -0.05) is 23.7 Å². The van der Waals surface area contributed by atoms with Crippen molar-refractivity contribution in [3.8, 4) is 5.75 Å². The van der Waals surface area contributed by atoms with Gasteiger partial charge in [-0.2, -0.15) is 4.31 Å². The van der Waals surface area contributed by atoms with Gasteiger partial charge in [-0.25, -0.2) is 17.2 Å². The molecular weight excluding hydrogens is 398 g/mol. The first kappa shape index (κ1) is 20.0. The average molecular weight is 418 g/mol. The largest absolute Gasteiger partial charge is 0.486 e. The molecule has 9 heteroatoms. The number of nitrogens with one attached hydrogen (secondary N) is 1. The summed E-state index contributed by atoms with van der Waals surface area (Å²) in [5.41, 5.74) is 0. The maximum absolute atomic E-state index is 13.9. The third kappa shape index (κ3) is 4.76. The molecule has 0 amide bonds. The van der Waals surface area contributed by atoms with E-state index in [1.165, 1.54) is 9.21 Å². The number of rotatable bonds is 6. The molecule has 0 unspecified atom stereocenters. The Bertz CT molecular complexity index is 903. The molecule has 27 heavy (non-hydrogen) atoms. The molecule has 0 aliphatic carbocycles. The van der Waals surface area contributed by atoms with E-state index in [4.69, 9.17) is 16.3 Å². The summed E-state index contributed by atoms with van der Waals surface area (Å²) in [5, 5.41) is 0.546. The second kappa shape index (κ2) is 8.52. The lowest BCUT2D eigenvalue weighted by molar-refractivity contribution is -0.903. The van der Waals surface area contributed by atoms with Crippen molar-refractivity contribution < 1.29 is 26.8 Å². The number of para-hydroxylation sites is 1. The van der Waals surface area contributed by atoms with Gasteiger partial charge in [-0.05, 0) is 24.3 Å². The minimum Gasteiger partial charge on any atom is -0.486 e. The molecule has 2 aromatic rings. The SMILES string of the molecule is O=S(=O)(c1ccc(F)cc1F)N1CC[NH+](CCOc2ccccc2Cl)CC1. The van der Waals surface area contributed by atoms with Crippen LogP contribution in [0.4, 0.5) is 8.78 Å². The van der Waals surface area contributed by atoms with Gasteiger partial charge in [0.25, 0.3) is 0 Å². The van der Waals surface area contributed by atoms with Gasteiger partial charge in [0.05, 0.1) is 31.2 Å². The summed E-state index contributed by atoms with van der Waals surface area (Å²) in [7, 11) is -3.97. The van der Waals surface area contributed by atoms with Crippen molar-refractivity contribution in [1.82, 2.24) is 4.31 Å². The number of quaternary nitrogens is 1. The zero-order valence-electron chi connectivity index (χ0n) is 14.5. The van der Waals surface area contributed by atoms with Crippen molar-refractivity contribution in [3.05, 3.63) is 59.1 Å². The van der Waals surface area contributed by atoms with Crippen LogP contribution >= 0.6 is 11.6 Å². The molecular formula is C18H20ClF2N2O3S+. The molecule has 1 N–H and O–H groups in total. The van der Waals surface area contributed by atoms with E-state index < -0.39 is 26.6 Å². The van der Waals surface area contributed by atoms with E-state index in [-0.39, 0.29) is 13.1 Å². The van der Waals surface area contributed by atoms with Gasteiger partial charge in [-0.15, -0.1) is 0 Å². The van der Waals surface area contributed by atoms with E-state index in [2.05, 4.69) is 0 Å². The fraction of sp³-hybridized carbons (Fsp3) is 0.333. The van der Waals surface area contributed by atoms with E-state index in [0.29, 0.717) is 43.1 Å². The summed E-state index contributed by atoms with van der Waals surface area (Å²) in [5.74, 6) is -1.26. The summed E-state index contributed by atoms with van der Waals surface area (Å²) in [6.45, 7) is 2.84. The molecule has 0 spiro atoms. The van der Waals surface area contributed by atoms with Crippen LogP contribution in [0.1, 0.15) is 0 Å². The van der Waals surface area contributed by atoms with E-state index in [0.717, 1.165) is 12.1 Å². The minimum atomic E-state index is -3.97. The zero-order valence-corrected chi connectivity index (χ0v) is 16.1. The lowest BCUT2D eigenvalue weighted by Gasteiger charge is -2.31. The standard InChI is InChI=1S/C18H19ClF2N2O3S/c19-15-3-1-2-4-17(15)26-12-11-22-7-9-23(10-8-22)27(24,25)18-6-5-14(20)13-16(18)21/h1-6,13H,7-12H2/p+1. The molecule has 1 fully saturated rings. The molecule has 0 atom stereocenters. The Hall–Kier alpha value is -1.74. The van der Waals surface area contributed by atoms with Gasteiger partial charge in [0, 0.05) is 6.07 Å². The van der Waals surface area contributed by atoms with Crippen LogP contribution in [0.3, 0.4) is 0 Å². The fourth-order valence-electron chi connectivity index (χ4n) is 2.98. The minimum absolute atomic E-state index is 0.264. The van der Waals surface area contributed by atoms with Crippen LogP contribution in [-0.4, -0.2) is 52.1 Å². The first-order chi connectivity index (χ1) is 12.9. The van der Waals surface area contributed by atoms with Gasteiger partial charge in [-0.3, -0.25) is 0 Å². The second-order valence-corrected chi connectivity index (χ2v) is 8.57.